The molecule has 0 aromatic carbocycles. The minimum atomic E-state index is -0.533. The first-order valence-electron chi connectivity index (χ1n) is 8.27. The molecule has 0 bridgehead atoms. The average Bonchev–Trinajstić information content (AvgIpc) is 2.46. The quantitative estimate of drug-likeness (QED) is 0.835. The molecule has 0 aliphatic heterocycles. The second kappa shape index (κ2) is 8.13. The second-order valence-electron chi connectivity index (χ2n) is 7.69. The molecule has 6 heteroatoms. The van der Waals surface area contributed by atoms with Crippen molar-refractivity contribution in [3.8, 4) is 0 Å². The lowest BCUT2D eigenvalue weighted by atomic mass is 9.94. The fourth-order valence-corrected chi connectivity index (χ4v) is 2.21. The van der Waals surface area contributed by atoms with Gasteiger partial charge in [-0.1, -0.05) is 40.7 Å². The van der Waals surface area contributed by atoms with E-state index in [1.165, 1.54) is 0 Å². The SMILES string of the molecule is CC(C)C[C@H](NC(=O)C(C)(C)C)C(=O)N(C)Cc1ccc(N)nc1. The van der Waals surface area contributed by atoms with Gasteiger partial charge in [0.25, 0.3) is 0 Å². The van der Waals surface area contributed by atoms with E-state index < -0.39 is 11.5 Å². The van der Waals surface area contributed by atoms with Crippen LogP contribution < -0.4 is 11.1 Å². The second-order valence-corrected chi connectivity index (χ2v) is 7.69. The van der Waals surface area contributed by atoms with Gasteiger partial charge in [0.2, 0.25) is 11.8 Å². The van der Waals surface area contributed by atoms with Gasteiger partial charge in [-0.25, -0.2) is 4.98 Å². The first-order valence-corrected chi connectivity index (χ1v) is 8.27. The summed E-state index contributed by atoms with van der Waals surface area (Å²) >= 11 is 0. The molecule has 1 aromatic rings. The van der Waals surface area contributed by atoms with Crippen LogP contribution in [0.25, 0.3) is 0 Å². The molecule has 0 saturated heterocycles. The Bertz CT molecular complexity index is 561. The summed E-state index contributed by atoms with van der Waals surface area (Å²) in [6.07, 6.45) is 2.26. The lowest BCUT2D eigenvalue weighted by molar-refractivity contribution is -0.138. The number of amides is 2. The zero-order valence-corrected chi connectivity index (χ0v) is 15.6. The highest BCUT2D eigenvalue weighted by Crippen LogP contribution is 2.16. The van der Waals surface area contributed by atoms with Crippen molar-refractivity contribution in [2.75, 3.05) is 12.8 Å². The summed E-state index contributed by atoms with van der Waals surface area (Å²) in [6, 6.07) is 3.03. The molecule has 1 heterocycles. The van der Waals surface area contributed by atoms with Crippen molar-refractivity contribution in [1.29, 1.82) is 0 Å². The van der Waals surface area contributed by atoms with Crippen LogP contribution in [0.4, 0.5) is 5.82 Å². The maximum atomic E-state index is 12.8. The number of pyridine rings is 1. The molecule has 0 spiro atoms. The molecule has 0 radical (unpaired) electrons. The highest BCUT2D eigenvalue weighted by atomic mass is 16.2. The van der Waals surface area contributed by atoms with Gasteiger partial charge in [0.05, 0.1) is 0 Å². The van der Waals surface area contributed by atoms with Crippen LogP contribution in [0.3, 0.4) is 0 Å². The van der Waals surface area contributed by atoms with Crippen LogP contribution in [0.5, 0.6) is 0 Å². The number of hydrogen-bond donors (Lipinski definition) is 2. The number of hydrogen-bond acceptors (Lipinski definition) is 4. The molecular weight excluding hydrogens is 304 g/mol. The van der Waals surface area contributed by atoms with Crippen LogP contribution in [-0.4, -0.2) is 34.8 Å². The van der Waals surface area contributed by atoms with Crippen molar-refractivity contribution in [1.82, 2.24) is 15.2 Å². The molecular formula is C18H30N4O2. The molecule has 0 aliphatic rings. The van der Waals surface area contributed by atoms with Gasteiger partial charge < -0.3 is 16.0 Å². The smallest absolute Gasteiger partial charge is 0.245 e. The van der Waals surface area contributed by atoms with Crippen molar-refractivity contribution in [3.05, 3.63) is 23.9 Å². The monoisotopic (exact) mass is 334 g/mol. The van der Waals surface area contributed by atoms with Crippen LogP contribution in [0.1, 0.15) is 46.6 Å². The molecule has 1 atom stereocenters. The third kappa shape index (κ3) is 6.18. The number of aromatic nitrogens is 1. The lowest BCUT2D eigenvalue weighted by Crippen LogP contribution is -2.50. The summed E-state index contributed by atoms with van der Waals surface area (Å²) in [5.74, 6) is 0.524. The molecule has 1 aromatic heterocycles. The van der Waals surface area contributed by atoms with Crippen molar-refractivity contribution in [2.24, 2.45) is 11.3 Å². The summed E-state index contributed by atoms with van der Waals surface area (Å²) in [6.45, 7) is 10.0. The fraction of sp³-hybridized carbons (Fsp3) is 0.611. The first kappa shape index (κ1) is 19.9. The number of carbonyl (C=O) groups excluding carboxylic acids is 2. The predicted octanol–water partition coefficient (Wildman–Crippen LogP) is 2.20. The number of nitrogens with two attached hydrogens (primary N) is 1. The maximum Gasteiger partial charge on any atom is 0.245 e. The van der Waals surface area contributed by atoms with Gasteiger partial charge >= 0.3 is 0 Å². The van der Waals surface area contributed by atoms with E-state index in [-0.39, 0.29) is 11.8 Å². The van der Waals surface area contributed by atoms with Gasteiger partial charge in [0.1, 0.15) is 11.9 Å². The van der Waals surface area contributed by atoms with Gasteiger partial charge in [-0.15, -0.1) is 0 Å². The number of nitrogens with zero attached hydrogens (tertiary/aromatic N) is 2. The first-order chi connectivity index (χ1) is 11.0. The Labute approximate surface area is 144 Å². The van der Waals surface area contributed by atoms with E-state index in [0.717, 1.165) is 5.56 Å². The number of anilines is 1. The molecule has 0 fully saturated rings. The Kier molecular flexibility index (Phi) is 6.75. The van der Waals surface area contributed by atoms with Crippen LogP contribution in [-0.2, 0) is 16.1 Å². The summed E-state index contributed by atoms with van der Waals surface area (Å²) < 4.78 is 0. The van der Waals surface area contributed by atoms with E-state index in [1.54, 1.807) is 24.2 Å². The van der Waals surface area contributed by atoms with E-state index in [9.17, 15) is 9.59 Å². The van der Waals surface area contributed by atoms with E-state index in [2.05, 4.69) is 10.3 Å². The summed E-state index contributed by atoms with van der Waals surface area (Å²) in [4.78, 5) is 30.7. The fourth-order valence-electron chi connectivity index (χ4n) is 2.21. The Balaban J connectivity index is 2.82. The van der Waals surface area contributed by atoms with Crippen molar-refractivity contribution in [2.45, 2.75) is 53.6 Å². The molecule has 24 heavy (non-hydrogen) atoms. The predicted molar refractivity (Wildman–Crippen MR) is 96.0 cm³/mol. The van der Waals surface area contributed by atoms with Gasteiger partial charge in [0, 0.05) is 25.2 Å². The van der Waals surface area contributed by atoms with Gasteiger partial charge in [-0.3, -0.25) is 9.59 Å². The molecule has 0 saturated carbocycles. The average molecular weight is 334 g/mol. The number of rotatable bonds is 6. The lowest BCUT2D eigenvalue weighted by Gasteiger charge is -2.28. The molecule has 134 valence electrons. The van der Waals surface area contributed by atoms with E-state index in [0.29, 0.717) is 24.7 Å². The highest BCUT2D eigenvalue weighted by molar-refractivity contribution is 5.89. The van der Waals surface area contributed by atoms with E-state index in [4.69, 9.17) is 5.73 Å². The van der Waals surface area contributed by atoms with Gasteiger partial charge in [-0.05, 0) is 24.0 Å². The summed E-state index contributed by atoms with van der Waals surface area (Å²) in [7, 11) is 1.73. The number of likely N-dealkylation sites (N-methyl/N-ethyl adjacent to an activating group) is 1. The third-order valence-corrected chi connectivity index (χ3v) is 3.64. The number of nitrogens with one attached hydrogen (secondary N) is 1. The van der Waals surface area contributed by atoms with E-state index >= 15 is 0 Å². The molecule has 1 rings (SSSR count). The zero-order valence-electron chi connectivity index (χ0n) is 15.6. The Morgan fingerprint density at radius 2 is 1.92 bits per heavy atom. The van der Waals surface area contributed by atoms with Crippen LogP contribution >= 0.6 is 0 Å². The molecule has 0 unspecified atom stereocenters. The van der Waals surface area contributed by atoms with Crippen LogP contribution in [0, 0.1) is 11.3 Å². The Hall–Kier alpha value is -2.11. The molecule has 6 nitrogen and oxygen atoms in total. The van der Waals surface area contributed by atoms with Gasteiger partial charge in [0.15, 0.2) is 0 Å². The van der Waals surface area contributed by atoms with Crippen LogP contribution in [0.2, 0.25) is 0 Å². The Morgan fingerprint density at radius 1 is 1.29 bits per heavy atom. The largest absolute Gasteiger partial charge is 0.384 e. The highest BCUT2D eigenvalue weighted by Gasteiger charge is 2.29. The van der Waals surface area contributed by atoms with Crippen molar-refractivity contribution < 1.29 is 9.59 Å². The minimum Gasteiger partial charge on any atom is -0.384 e. The third-order valence-electron chi connectivity index (χ3n) is 3.64. The van der Waals surface area contributed by atoms with Crippen molar-refractivity contribution in [3.63, 3.8) is 0 Å². The normalized spacial score (nSPS) is 12.8. The molecule has 0 aliphatic carbocycles. The summed E-state index contributed by atoms with van der Waals surface area (Å²) in [5.41, 5.74) is 5.94. The summed E-state index contributed by atoms with van der Waals surface area (Å²) in [5, 5.41) is 2.90. The maximum absolute atomic E-state index is 12.8. The van der Waals surface area contributed by atoms with E-state index in [1.807, 2.05) is 40.7 Å². The molecule has 2 amide bonds. The minimum absolute atomic E-state index is 0.0990. The topological polar surface area (TPSA) is 88.3 Å². The number of nitrogen functional groups attached to an aromatic ring is 1. The van der Waals surface area contributed by atoms with Crippen LogP contribution in [0.15, 0.2) is 18.3 Å². The standard InChI is InChI=1S/C18H30N4O2/c1-12(2)9-14(21-17(24)18(3,4)5)16(23)22(6)11-13-7-8-15(19)20-10-13/h7-8,10,12,14H,9,11H2,1-6H3,(H2,19,20)(H,21,24)/t14-/m0/s1. The Morgan fingerprint density at radius 3 is 2.38 bits per heavy atom. The van der Waals surface area contributed by atoms with Gasteiger partial charge in [-0.2, -0.15) is 0 Å². The molecule has 3 N–H and O–H groups in total. The van der Waals surface area contributed by atoms with Crippen molar-refractivity contribution >= 4 is 17.6 Å². The zero-order chi connectivity index (χ0) is 18.5. The number of carbonyl (C=O) groups is 2.